The second-order valence-electron chi connectivity index (χ2n) is 10.4. The summed E-state index contributed by atoms with van der Waals surface area (Å²) in [4.78, 5) is 55.1. The predicted octanol–water partition coefficient (Wildman–Crippen LogP) is 4.52. The van der Waals surface area contributed by atoms with Gasteiger partial charge in [-0.15, -0.1) is 8.78 Å². The first-order chi connectivity index (χ1) is 21.3. The number of alkyl halides is 2. The van der Waals surface area contributed by atoms with Crippen LogP contribution in [0, 0.1) is 17.8 Å². The third-order valence-corrected chi connectivity index (χ3v) is 7.93. The van der Waals surface area contributed by atoms with Crippen molar-refractivity contribution in [1.82, 2.24) is 4.98 Å². The number of carboxylic acid groups (broad SMARTS) is 3. The van der Waals surface area contributed by atoms with Gasteiger partial charge in [-0.05, 0) is 36.2 Å². The Labute approximate surface area is 257 Å². The van der Waals surface area contributed by atoms with Crippen LogP contribution in [0.1, 0.15) is 19.3 Å². The fourth-order valence-electron chi connectivity index (χ4n) is 5.85. The summed E-state index contributed by atoms with van der Waals surface area (Å²) in [6.07, 6.45) is -9.39. The number of para-hydroxylation sites is 1. The fourth-order valence-corrected chi connectivity index (χ4v) is 6.08. The van der Waals surface area contributed by atoms with Crippen LogP contribution < -0.4 is 14.4 Å². The number of methoxy groups -OCH3 is 1. The van der Waals surface area contributed by atoms with Gasteiger partial charge in [0.15, 0.2) is 17.6 Å². The lowest BCUT2D eigenvalue weighted by Gasteiger charge is -2.49. The van der Waals surface area contributed by atoms with Gasteiger partial charge >= 0.3 is 30.2 Å². The molecule has 5 atom stereocenters. The van der Waals surface area contributed by atoms with Crippen LogP contribution in [-0.2, 0) is 28.7 Å². The summed E-state index contributed by atoms with van der Waals surface area (Å²) in [5, 5.41) is 30.3. The molecule has 1 aromatic heterocycles. The lowest BCUT2D eigenvalue weighted by atomic mass is 9.70. The van der Waals surface area contributed by atoms with Crippen molar-refractivity contribution in [3.8, 4) is 11.5 Å². The molecule has 16 heteroatoms. The Bertz CT molecular complexity index is 1670. The molecule has 2 aliphatic heterocycles. The lowest BCUT2D eigenvalue weighted by Crippen LogP contribution is -2.57. The highest BCUT2D eigenvalue weighted by atomic mass is 35.5. The highest BCUT2D eigenvalue weighted by Crippen LogP contribution is 2.48. The van der Waals surface area contributed by atoms with Crippen molar-refractivity contribution in [2.24, 2.45) is 17.8 Å². The highest BCUT2D eigenvalue weighted by molar-refractivity contribution is 6.35. The maximum absolute atomic E-state index is 13.9. The van der Waals surface area contributed by atoms with Gasteiger partial charge in [0.25, 0.3) is 0 Å². The summed E-state index contributed by atoms with van der Waals surface area (Å²) in [5.41, 5.74) is 0.346. The zero-order valence-electron chi connectivity index (χ0n) is 23.3. The maximum Gasteiger partial charge on any atom is 0.586 e. The van der Waals surface area contributed by atoms with Crippen LogP contribution in [0.4, 0.5) is 20.3 Å². The fraction of sp³-hybridized carbons (Fsp3) is 0.345. The van der Waals surface area contributed by atoms with E-state index in [4.69, 9.17) is 21.1 Å². The predicted molar refractivity (Wildman–Crippen MR) is 149 cm³/mol. The molecule has 3 heterocycles. The van der Waals surface area contributed by atoms with Crippen molar-refractivity contribution in [3.63, 3.8) is 0 Å². The number of fused-ring (bicyclic) bond motifs is 2. The number of hydrogen-bond acceptors (Lipinski definition) is 10. The second kappa shape index (κ2) is 12.3. The number of ether oxygens (including phenoxy) is 4. The Morgan fingerprint density at radius 2 is 1.56 bits per heavy atom. The maximum atomic E-state index is 13.9. The largest absolute Gasteiger partial charge is 0.586 e. The molecule has 0 amide bonds. The quantitative estimate of drug-likeness (QED) is 0.261. The second-order valence-corrected chi connectivity index (χ2v) is 10.8. The number of nitrogens with zero attached hydrogens (tertiary/aromatic N) is 2. The number of rotatable bonds is 10. The molecule has 0 saturated carbocycles. The van der Waals surface area contributed by atoms with Gasteiger partial charge in [0.2, 0.25) is 0 Å². The van der Waals surface area contributed by atoms with Crippen LogP contribution in [0.15, 0.2) is 48.5 Å². The van der Waals surface area contributed by atoms with E-state index in [-0.39, 0.29) is 28.0 Å². The van der Waals surface area contributed by atoms with Crippen LogP contribution in [0.3, 0.4) is 0 Å². The number of carbonyl (C=O) groups is 4. The van der Waals surface area contributed by atoms with Crippen LogP contribution in [0.25, 0.3) is 10.9 Å². The number of anilines is 2. The Balaban J connectivity index is 1.74. The number of halogens is 3. The first-order valence-corrected chi connectivity index (χ1v) is 13.8. The molecular weight excluding hydrogens is 626 g/mol. The summed E-state index contributed by atoms with van der Waals surface area (Å²) >= 11 is 6.41. The van der Waals surface area contributed by atoms with Gasteiger partial charge in [0.1, 0.15) is 12.0 Å². The molecule has 1 saturated heterocycles. The van der Waals surface area contributed by atoms with Gasteiger partial charge in [0.05, 0.1) is 30.5 Å². The van der Waals surface area contributed by atoms with E-state index in [2.05, 4.69) is 14.5 Å². The summed E-state index contributed by atoms with van der Waals surface area (Å²) in [6, 6.07) is 11.8. The molecule has 45 heavy (non-hydrogen) atoms. The molecule has 0 bridgehead atoms. The van der Waals surface area contributed by atoms with Crippen molar-refractivity contribution in [2.45, 2.75) is 37.9 Å². The summed E-state index contributed by atoms with van der Waals surface area (Å²) in [5.74, 6) is -9.71. The smallest absolute Gasteiger partial charge is 0.481 e. The van der Waals surface area contributed by atoms with Crippen molar-refractivity contribution in [1.29, 1.82) is 0 Å². The zero-order valence-corrected chi connectivity index (χ0v) is 24.0. The Morgan fingerprint density at radius 3 is 2.22 bits per heavy atom. The van der Waals surface area contributed by atoms with E-state index < -0.39 is 79.5 Å². The van der Waals surface area contributed by atoms with E-state index in [1.807, 2.05) is 0 Å². The number of benzene rings is 2. The molecule has 5 rings (SSSR count). The third kappa shape index (κ3) is 6.54. The standard InChI is InChI=1S/C29H25ClF2N2O11/c1-42-28(41)26-16(11-23(37)38)15(10-22(35)36)17(12-24(39)40)27(43-26)34(14-6-7-19-20(9-14)45-29(31,32)44-19)21-8-5-13-3-2-4-18(30)25(13)33-21/h2-9,15-17,26-27H,10-12H2,1H3,(H,35,36)(H,37,38)(H,39,40)/t15-,16-,17+,26-,27+/m0/s1. The van der Waals surface area contributed by atoms with E-state index in [1.165, 1.54) is 23.1 Å². The van der Waals surface area contributed by atoms with Crippen molar-refractivity contribution in [3.05, 3.63) is 53.6 Å². The first-order valence-electron chi connectivity index (χ1n) is 13.4. The molecule has 2 aromatic carbocycles. The van der Waals surface area contributed by atoms with E-state index in [1.54, 1.807) is 24.3 Å². The Hall–Kier alpha value is -4.76. The molecule has 3 N–H and O–H groups in total. The van der Waals surface area contributed by atoms with Crippen molar-refractivity contribution in [2.75, 3.05) is 12.0 Å². The minimum Gasteiger partial charge on any atom is -0.481 e. The molecule has 0 radical (unpaired) electrons. The van der Waals surface area contributed by atoms with Gasteiger partial charge < -0.3 is 34.3 Å². The molecule has 3 aromatic rings. The molecule has 13 nitrogen and oxygen atoms in total. The van der Waals surface area contributed by atoms with Crippen LogP contribution in [0.2, 0.25) is 5.02 Å². The van der Waals surface area contributed by atoms with Gasteiger partial charge in [-0.3, -0.25) is 19.3 Å². The lowest BCUT2D eigenvalue weighted by molar-refractivity contribution is -0.286. The molecule has 0 aliphatic carbocycles. The van der Waals surface area contributed by atoms with Gasteiger partial charge in [-0.1, -0.05) is 23.7 Å². The van der Waals surface area contributed by atoms with Gasteiger partial charge in [-0.2, -0.15) is 0 Å². The Kier molecular flexibility index (Phi) is 8.67. The van der Waals surface area contributed by atoms with Gasteiger partial charge in [0, 0.05) is 35.4 Å². The number of pyridine rings is 1. The van der Waals surface area contributed by atoms with E-state index in [0.717, 1.165) is 13.2 Å². The molecule has 0 unspecified atom stereocenters. The zero-order chi connectivity index (χ0) is 32.6. The number of carbonyl (C=O) groups excluding carboxylic acids is 1. The average molecular weight is 651 g/mol. The normalized spacial score (nSPS) is 23.3. The number of hydrogen-bond donors (Lipinski definition) is 3. The van der Waals surface area contributed by atoms with E-state index in [0.29, 0.717) is 10.9 Å². The van der Waals surface area contributed by atoms with Crippen molar-refractivity contribution >= 4 is 57.9 Å². The average Bonchev–Trinajstić information content (AvgIpc) is 3.28. The third-order valence-electron chi connectivity index (χ3n) is 7.63. The molecule has 0 spiro atoms. The topological polar surface area (TPSA) is 182 Å². The minimum atomic E-state index is -3.97. The minimum absolute atomic E-state index is 0.0380. The number of aliphatic carboxylic acids is 3. The number of carboxylic acids is 3. The molecular formula is C29H25ClF2N2O11. The van der Waals surface area contributed by atoms with Crippen LogP contribution in [0.5, 0.6) is 11.5 Å². The SMILES string of the molecule is COC(=O)[C@H]1O[C@@H](N(c2ccc3c(c2)OC(F)(F)O3)c2ccc3cccc(Cl)c3n2)[C@H](CC(=O)O)[C@@H](CC(=O)O)[C@@H]1CC(=O)O. The van der Waals surface area contributed by atoms with Crippen LogP contribution in [-0.4, -0.2) is 69.9 Å². The molecule has 1 fully saturated rings. The van der Waals surface area contributed by atoms with Crippen LogP contribution >= 0.6 is 11.6 Å². The first kappa shape index (κ1) is 31.7. The van der Waals surface area contributed by atoms with Gasteiger partial charge in [-0.25, -0.2) is 9.78 Å². The van der Waals surface area contributed by atoms with E-state index >= 15 is 0 Å². The highest BCUT2D eigenvalue weighted by Gasteiger charge is 2.53. The molecule has 238 valence electrons. The summed E-state index contributed by atoms with van der Waals surface area (Å²) in [6.45, 7) is 0. The van der Waals surface area contributed by atoms with E-state index in [9.17, 15) is 43.3 Å². The summed E-state index contributed by atoms with van der Waals surface area (Å²) in [7, 11) is 1.02. The number of aromatic nitrogens is 1. The van der Waals surface area contributed by atoms with Crippen molar-refractivity contribution < 1.29 is 62.2 Å². The Morgan fingerprint density at radius 1 is 0.911 bits per heavy atom. The monoisotopic (exact) mass is 650 g/mol. The molecule has 2 aliphatic rings. The number of esters is 1. The summed E-state index contributed by atoms with van der Waals surface area (Å²) < 4.78 is 48.1.